The van der Waals surface area contributed by atoms with Crippen molar-refractivity contribution in [3.8, 4) is 0 Å². The third kappa shape index (κ3) is 1.45. The quantitative estimate of drug-likeness (QED) is 0.673. The van der Waals surface area contributed by atoms with E-state index in [4.69, 9.17) is 5.73 Å². The van der Waals surface area contributed by atoms with Crippen LogP contribution in [-0.4, -0.2) is 9.55 Å². The van der Waals surface area contributed by atoms with E-state index in [0.29, 0.717) is 0 Å². The van der Waals surface area contributed by atoms with Gasteiger partial charge in [-0.15, -0.1) is 0 Å². The molecule has 0 atom stereocenters. The van der Waals surface area contributed by atoms with Gasteiger partial charge in [0.05, 0.1) is 0 Å². The van der Waals surface area contributed by atoms with E-state index in [-0.39, 0.29) is 17.5 Å². The topological polar surface area (TPSA) is 80.9 Å². The summed E-state index contributed by atoms with van der Waals surface area (Å²) in [4.78, 5) is 24.6. The zero-order valence-electron chi connectivity index (χ0n) is 7.82. The number of H-pyrrole nitrogens is 1. The molecule has 0 radical (unpaired) electrons. The standard InChI is InChI=1S/C9H13N3O2/c10-7-5-8(13)11-9(14)12(7)6-3-1-2-4-6/h5-6H,1-4,10H2,(H,11,13,14). The molecule has 1 aromatic heterocycles. The number of nitrogens with one attached hydrogen (secondary N) is 1. The first-order chi connectivity index (χ1) is 6.68. The van der Waals surface area contributed by atoms with Gasteiger partial charge in [0.1, 0.15) is 5.82 Å². The zero-order valence-corrected chi connectivity index (χ0v) is 7.82. The molecule has 76 valence electrons. The van der Waals surface area contributed by atoms with Gasteiger partial charge in [-0.1, -0.05) is 12.8 Å². The molecule has 1 aromatic rings. The summed E-state index contributed by atoms with van der Waals surface area (Å²) in [5, 5.41) is 0. The summed E-state index contributed by atoms with van der Waals surface area (Å²) >= 11 is 0. The van der Waals surface area contributed by atoms with Gasteiger partial charge in [-0.3, -0.25) is 14.3 Å². The highest BCUT2D eigenvalue weighted by molar-refractivity contribution is 5.27. The Bertz CT molecular complexity index is 440. The molecule has 1 aliphatic rings. The minimum absolute atomic E-state index is 0.166. The van der Waals surface area contributed by atoms with E-state index < -0.39 is 5.56 Å². The average Bonchev–Trinajstić information content (AvgIpc) is 2.54. The van der Waals surface area contributed by atoms with Crippen LogP contribution in [0.4, 0.5) is 5.82 Å². The predicted octanol–water partition coefficient (Wildman–Crippen LogP) is 0.234. The van der Waals surface area contributed by atoms with Crippen LogP contribution in [0.2, 0.25) is 0 Å². The highest BCUT2D eigenvalue weighted by Gasteiger charge is 2.19. The molecule has 0 unspecified atom stereocenters. The molecule has 5 nitrogen and oxygen atoms in total. The van der Waals surface area contributed by atoms with Gasteiger partial charge < -0.3 is 5.73 Å². The predicted molar refractivity (Wildman–Crippen MR) is 53.2 cm³/mol. The molecule has 1 aliphatic carbocycles. The number of aromatic amines is 1. The van der Waals surface area contributed by atoms with Gasteiger partial charge in [0.2, 0.25) is 0 Å². The van der Waals surface area contributed by atoms with Gasteiger partial charge in [0.15, 0.2) is 0 Å². The fourth-order valence-corrected chi connectivity index (χ4v) is 2.06. The van der Waals surface area contributed by atoms with Crippen molar-refractivity contribution in [2.24, 2.45) is 0 Å². The fraction of sp³-hybridized carbons (Fsp3) is 0.556. The third-order valence-electron chi connectivity index (χ3n) is 2.70. The summed E-state index contributed by atoms with van der Waals surface area (Å²) in [7, 11) is 0. The first-order valence-electron chi connectivity index (χ1n) is 4.80. The van der Waals surface area contributed by atoms with E-state index in [0.717, 1.165) is 25.7 Å². The summed E-state index contributed by atoms with van der Waals surface area (Å²) in [6.07, 6.45) is 4.18. The number of aromatic nitrogens is 2. The van der Waals surface area contributed by atoms with E-state index in [1.54, 1.807) is 0 Å². The highest BCUT2D eigenvalue weighted by Crippen LogP contribution is 2.29. The smallest absolute Gasteiger partial charge is 0.330 e. The Morgan fingerprint density at radius 1 is 1.36 bits per heavy atom. The molecule has 0 aromatic carbocycles. The summed E-state index contributed by atoms with van der Waals surface area (Å²) in [6.45, 7) is 0. The second kappa shape index (κ2) is 3.32. The molecule has 5 heteroatoms. The van der Waals surface area contributed by atoms with Crippen molar-refractivity contribution in [1.82, 2.24) is 9.55 Å². The van der Waals surface area contributed by atoms with E-state index in [1.165, 1.54) is 10.6 Å². The lowest BCUT2D eigenvalue weighted by atomic mass is 10.2. The van der Waals surface area contributed by atoms with Crippen LogP contribution in [-0.2, 0) is 0 Å². The van der Waals surface area contributed by atoms with Crippen molar-refractivity contribution in [3.05, 3.63) is 26.9 Å². The molecule has 0 spiro atoms. The van der Waals surface area contributed by atoms with Crippen LogP contribution < -0.4 is 17.0 Å². The number of nitrogen functional groups attached to an aromatic ring is 1. The minimum Gasteiger partial charge on any atom is -0.385 e. The molecule has 1 saturated carbocycles. The maximum absolute atomic E-state index is 11.5. The number of nitrogens with two attached hydrogens (primary N) is 1. The van der Waals surface area contributed by atoms with Crippen LogP contribution in [0.5, 0.6) is 0 Å². The molecule has 0 bridgehead atoms. The van der Waals surface area contributed by atoms with Crippen molar-refractivity contribution in [3.63, 3.8) is 0 Å². The van der Waals surface area contributed by atoms with Crippen LogP contribution in [0, 0.1) is 0 Å². The number of anilines is 1. The lowest BCUT2D eigenvalue weighted by Gasteiger charge is -2.14. The maximum atomic E-state index is 11.5. The lowest BCUT2D eigenvalue weighted by molar-refractivity contribution is 0.498. The van der Waals surface area contributed by atoms with Crippen LogP contribution in [0.15, 0.2) is 15.7 Å². The molecule has 2 rings (SSSR count). The molecule has 1 fully saturated rings. The normalized spacial score (nSPS) is 17.4. The van der Waals surface area contributed by atoms with Crippen LogP contribution >= 0.6 is 0 Å². The molecule has 0 aliphatic heterocycles. The van der Waals surface area contributed by atoms with Crippen molar-refractivity contribution >= 4 is 5.82 Å². The number of hydrogen-bond donors (Lipinski definition) is 2. The number of hydrogen-bond acceptors (Lipinski definition) is 3. The first-order valence-corrected chi connectivity index (χ1v) is 4.80. The van der Waals surface area contributed by atoms with Gasteiger partial charge in [-0.25, -0.2) is 4.79 Å². The molecule has 3 N–H and O–H groups in total. The third-order valence-corrected chi connectivity index (χ3v) is 2.70. The second-order valence-electron chi connectivity index (χ2n) is 3.67. The van der Waals surface area contributed by atoms with E-state index in [9.17, 15) is 9.59 Å². The summed E-state index contributed by atoms with van der Waals surface area (Å²) in [6, 6.07) is 1.43. The van der Waals surface area contributed by atoms with Gasteiger partial charge in [0, 0.05) is 12.1 Å². The zero-order chi connectivity index (χ0) is 10.1. The highest BCUT2D eigenvalue weighted by atomic mass is 16.2. The molecule has 14 heavy (non-hydrogen) atoms. The Labute approximate surface area is 80.6 Å². The second-order valence-corrected chi connectivity index (χ2v) is 3.67. The summed E-state index contributed by atoms with van der Waals surface area (Å²) in [5.74, 6) is 0.269. The van der Waals surface area contributed by atoms with Gasteiger partial charge in [-0.2, -0.15) is 0 Å². The molecular weight excluding hydrogens is 182 g/mol. The molecule has 0 saturated heterocycles. The Hall–Kier alpha value is -1.52. The van der Waals surface area contributed by atoms with Crippen LogP contribution in [0.3, 0.4) is 0 Å². The average molecular weight is 195 g/mol. The van der Waals surface area contributed by atoms with Gasteiger partial charge >= 0.3 is 5.69 Å². The van der Waals surface area contributed by atoms with E-state index >= 15 is 0 Å². The SMILES string of the molecule is Nc1cc(=O)[nH]c(=O)n1C1CCCC1. The summed E-state index contributed by atoms with van der Waals surface area (Å²) in [5.41, 5.74) is 4.83. The molecular formula is C9H13N3O2. The molecule has 1 heterocycles. The lowest BCUT2D eigenvalue weighted by Crippen LogP contribution is -2.33. The largest absolute Gasteiger partial charge is 0.385 e. The fourth-order valence-electron chi connectivity index (χ4n) is 2.06. The Balaban J connectivity index is 2.51. The van der Waals surface area contributed by atoms with E-state index in [1.807, 2.05) is 0 Å². The first kappa shape index (κ1) is 9.05. The Morgan fingerprint density at radius 2 is 2.00 bits per heavy atom. The van der Waals surface area contributed by atoms with E-state index in [2.05, 4.69) is 4.98 Å². The Kier molecular flexibility index (Phi) is 2.15. The Morgan fingerprint density at radius 3 is 2.57 bits per heavy atom. The summed E-state index contributed by atoms with van der Waals surface area (Å²) < 4.78 is 1.49. The van der Waals surface area contributed by atoms with Crippen molar-refractivity contribution < 1.29 is 0 Å². The van der Waals surface area contributed by atoms with Gasteiger partial charge in [0.25, 0.3) is 5.56 Å². The van der Waals surface area contributed by atoms with Crippen molar-refractivity contribution in [2.75, 3.05) is 5.73 Å². The maximum Gasteiger partial charge on any atom is 0.330 e. The number of nitrogens with zero attached hydrogens (tertiary/aromatic N) is 1. The van der Waals surface area contributed by atoms with Crippen molar-refractivity contribution in [2.45, 2.75) is 31.7 Å². The monoisotopic (exact) mass is 195 g/mol. The minimum atomic E-state index is -0.429. The van der Waals surface area contributed by atoms with Gasteiger partial charge in [-0.05, 0) is 12.8 Å². The van der Waals surface area contributed by atoms with Crippen molar-refractivity contribution in [1.29, 1.82) is 0 Å². The molecule has 0 amide bonds. The number of rotatable bonds is 1. The van der Waals surface area contributed by atoms with Crippen LogP contribution in [0.1, 0.15) is 31.7 Å². The van der Waals surface area contributed by atoms with Crippen LogP contribution in [0.25, 0.3) is 0 Å².